The Kier molecular flexibility index (Phi) is 6.88. The summed E-state index contributed by atoms with van der Waals surface area (Å²) >= 11 is 1.70. The number of nitrogens with zero attached hydrogens (tertiary/aromatic N) is 4. The molecule has 1 N–H and O–H groups in total. The molecule has 0 bridgehead atoms. The first kappa shape index (κ1) is 22.3. The number of fused-ring (bicyclic) bond motifs is 1. The van der Waals surface area contributed by atoms with E-state index < -0.39 is 0 Å². The molecule has 5 rings (SSSR count). The van der Waals surface area contributed by atoms with Gasteiger partial charge in [0.1, 0.15) is 5.01 Å². The van der Waals surface area contributed by atoms with Crippen LogP contribution in [0.5, 0.6) is 0 Å². The lowest BCUT2D eigenvalue weighted by Gasteiger charge is -2.25. The second-order valence-corrected chi connectivity index (χ2v) is 10.1. The Hall–Kier alpha value is -2.51. The Morgan fingerprint density at radius 1 is 1.15 bits per heavy atom. The van der Waals surface area contributed by atoms with Crippen molar-refractivity contribution in [3.05, 3.63) is 57.7 Å². The number of aromatic nitrogens is 3. The predicted octanol–water partition coefficient (Wildman–Crippen LogP) is 4.69. The highest BCUT2D eigenvalue weighted by atomic mass is 32.1. The summed E-state index contributed by atoms with van der Waals surface area (Å²) in [5.41, 5.74) is 5.32. The van der Waals surface area contributed by atoms with Crippen LogP contribution in [-0.2, 0) is 25.9 Å². The standard InChI is InChI=1S/C26H33N5OS/c1-2-31-23-13-12-20(27-17-24-28-22(18-33-24)19-10-6-5-7-11-19)16-21(23)25(29-31)26(32)30-14-8-3-4-9-15-30/h5-7,10-11,18,20,27H,2-4,8-9,12-17H2,1H3/t20-/m1/s1. The summed E-state index contributed by atoms with van der Waals surface area (Å²) < 4.78 is 2.06. The minimum absolute atomic E-state index is 0.133. The number of hydrogen-bond donors (Lipinski definition) is 1. The quantitative estimate of drug-likeness (QED) is 0.576. The SMILES string of the molecule is CCn1nc(C(=O)N2CCCCCC2)c2c1CC[C@@H](NCc1nc(-c3ccccc3)cs1)C2. The summed E-state index contributed by atoms with van der Waals surface area (Å²) in [6, 6.07) is 10.7. The maximum Gasteiger partial charge on any atom is 0.274 e. The fraction of sp³-hybridized carbons (Fsp3) is 0.500. The molecule has 1 saturated heterocycles. The summed E-state index contributed by atoms with van der Waals surface area (Å²) in [5.74, 6) is 0.133. The number of likely N-dealkylation sites (tertiary alicyclic amines) is 1. The number of nitrogens with one attached hydrogen (secondary N) is 1. The summed E-state index contributed by atoms with van der Waals surface area (Å²) in [6.07, 6.45) is 7.54. The van der Waals surface area contributed by atoms with Crippen molar-refractivity contribution < 1.29 is 4.79 Å². The van der Waals surface area contributed by atoms with Gasteiger partial charge in [-0.2, -0.15) is 5.10 Å². The molecule has 1 fully saturated rings. The molecule has 1 aliphatic carbocycles. The Morgan fingerprint density at radius 3 is 2.70 bits per heavy atom. The average Bonchev–Trinajstić information content (AvgIpc) is 3.38. The van der Waals surface area contributed by atoms with Crippen molar-refractivity contribution in [1.29, 1.82) is 0 Å². The molecule has 0 spiro atoms. The van der Waals surface area contributed by atoms with E-state index in [9.17, 15) is 4.79 Å². The molecule has 174 valence electrons. The van der Waals surface area contributed by atoms with Gasteiger partial charge in [-0.3, -0.25) is 9.48 Å². The lowest BCUT2D eigenvalue weighted by molar-refractivity contribution is 0.0753. The molecule has 33 heavy (non-hydrogen) atoms. The third-order valence-electron chi connectivity index (χ3n) is 6.91. The van der Waals surface area contributed by atoms with E-state index in [1.807, 2.05) is 23.1 Å². The van der Waals surface area contributed by atoms with Gasteiger partial charge in [0.15, 0.2) is 5.69 Å². The van der Waals surface area contributed by atoms with E-state index in [1.54, 1.807) is 11.3 Å². The molecule has 0 unspecified atom stereocenters. The molecule has 3 heterocycles. The van der Waals surface area contributed by atoms with Crippen molar-refractivity contribution in [3.8, 4) is 11.3 Å². The third kappa shape index (κ3) is 4.89. The van der Waals surface area contributed by atoms with Crippen LogP contribution >= 0.6 is 11.3 Å². The Labute approximate surface area is 200 Å². The minimum Gasteiger partial charge on any atom is -0.337 e. The molecule has 1 amide bonds. The van der Waals surface area contributed by atoms with Crippen LogP contribution in [0.4, 0.5) is 0 Å². The molecule has 0 radical (unpaired) electrons. The second kappa shape index (κ2) is 10.2. The van der Waals surface area contributed by atoms with Gasteiger partial charge in [-0.05, 0) is 39.0 Å². The fourth-order valence-corrected chi connectivity index (χ4v) is 5.84. The molecule has 0 saturated carbocycles. The van der Waals surface area contributed by atoms with Crippen LogP contribution in [0.25, 0.3) is 11.3 Å². The molecule has 2 aromatic heterocycles. The van der Waals surface area contributed by atoms with Crippen molar-refractivity contribution in [3.63, 3.8) is 0 Å². The molecular formula is C26H33N5OS. The zero-order valence-electron chi connectivity index (χ0n) is 19.4. The lowest BCUT2D eigenvalue weighted by atomic mass is 9.91. The van der Waals surface area contributed by atoms with Gasteiger partial charge in [0, 0.05) is 54.4 Å². The number of benzene rings is 1. The first-order valence-electron chi connectivity index (χ1n) is 12.3. The van der Waals surface area contributed by atoms with Crippen molar-refractivity contribution in [2.24, 2.45) is 0 Å². The molecule has 3 aromatic rings. The fourth-order valence-electron chi connectivity index (χ4n) is 5.08. The summed E-state index contributed by atoms with van der Waals surface area (Å²) in [5, 5.41) is 11.7. The van der Waals surface area contributed by atoms with Crippen LogP contribution in [0.1, 0.15) is 65.8 Å². The normalized spacial score (nSPS) is 18.7. The monoisotopic (exact) mass is 463 g/mol. The number of carbonyl (C=O) groups is 1. The molecule has 2 aliphatic rings. The van der Waals surface area contributed by atoms with Crippen molar-refractivity contribution >= 4 is 17.2 Å². The van der Waals surface area contributed by atoms with Crippen LogP contribution in [0.3, 0.4) is 0 Å². The highest BCUT2D eigenvalue weighted by Gasteiger charge is 2.31. The van der Waals surface area contributed by atoms with Gasteiger partial charge in [-0.1, -0.05) is 43.2 Å². The first-order chi connectivity index (χ1) is 16.2. The average molecular weight is 464 g/mol. The van der Waals surface area contributed by atoms with Crippen molar-refractivity contribution in [1.82, 2.24) is 25.0 Å². The largest absolute Gasteiger partial charge is 0.337 e. The number of hydrogen-bond acceptors (Lipinski definition) is 5. The van der Waals surface area contributed by atoms with Crippen LogP contribution < -0.4 is 5.32 Å². The highest BCUT2D eigenvalue weighted by molar-refractivity contribution is 7.09. The van der Waals surface area contributed by atoms with Crippen LogP contribution in [0.2, 0.25) is 0 Å². The topological polar surface area (TPSA) is 63.1 Å². The summed E-state index contributed by atoms with van der Waals surface area (Å²) in [7, 11) is 0. The number of thiazole rings is 1. The van der Waals surface area contributed by atoms with Gasteiger partial charge in [0.05, 0.1) is 5.69 Å². The van der Waals surface area contributed by atoms with Gasteiger partial charge in [-0.25, -0.2) is 4.98 Å². The van der Waals surface area contributed by atoms with Crippen LogP contribution in [-0.4, -0.2) is 44.7 Å². The zero-order chi connectivity index (χ0) is 22.6. The van der Waals surface area contributed by atoms with Gasteiger partial charge < -0.3 is 10.2 Å². The van der Waals surface area contributed by atoms with E-state index in [0.29, 0.717) is 11.7 Å². The first-order valence-corrected chi connectivity index (χ1v) is 13.2. The smallest absolute Gasteiger partial charge is 0.274 e. The molecule has 1 aliphatic heterocycles. The number of rotatable bonds is 6. The molecule has 1 atom stereocenters. The van der Waals surface area contributed by atoms with Crippen LogP contribution in [0.15, 0.2) is 35.7 Å². The lowest BCUT2D eigenvalue weighted by Crippen LogP contribution is -2.36. The molecule has 7 heteroatoms. The zero-order valence-corrected chi connectivity index (χ0v) is 20.2. The van der Waals surface area contributed by atoms with E-state index in [1.165, 1.54) is 24.1 Å². The molecule has 6 nitrogen and oxygen atoms in total. The van der Waals surface area contributed by atoms with E-state index >= 15 is 0 Å². The highest BCUT2D eigenvalue weighted by Crippen LogP contribution is 2.27. The maximum absolute atomic E-state index is 13.4. The Balaban J connectivity index is 1.27. The van der Waals surface area contributed by atoms with Gasteiger partial charge in [-0.15, -0.1) is 11.3 Å². The second-order valence-electron chi connectivity index (χ2n) is 9.11. The number of amides is 1. The Bertz CT molecular complexity index is 1080. The van der Waals surface area contributed by atoms with Crippen molar-refractivity contribution in [2.45, 2.75) is 71.0 Å². The summed E-state index contributed by atoms with van der Waals surface area (Å²) in [4.78, 5) is 20.3. The molecule has 1 aromatic carbocycles. The number of carbonyl (C=O) groups excluding carboxylic acids is 1. The van der Waals surface area contributed by atoms with Gasteiger partial charge in [0.2, 0.25) is 0 Å². The minimum atomic E-state index is 0.133. The van der Waals surface area contributed by atoms with Crippen molar-refractivity contribution in [2.75, 3.05) is 13.1 Å². The molecular weight excluding hydrogens is 430 g/mol. The van der Waals surface area contributed by atoms with E-state index in [4.69, 9.17) is 10.1 Å². The van der Waals surface area contributed by atoms with E-state index in [0.717, 1.165) is 74.5 Å². The van der Waals surface area contributed by atoms with Gasteiger partial charge >= 0.3 is 0 Å². The maximum atomic E-state index is 13.4. The summed E-state index contributed by atoms with van der Waals surface area (Å²) in [6.45, 7) is 5.42. The predicted molar refractivity (Wildman–Crippen MR) is 132 cm³/mol. The number of aryl methyl sites for hydroxylation is 1. The van der Waals surface area contributed by atoms with E-state index in [-0.39, 0.29) is 5.91 Å². The van der Waals surface area contributed by atoms with E-state index in [2.05, 4.69) is 34.4 Å². The van der Waals surface area contributed by atoms with Crippen LogP contribution in [0, 0.1) is 0 Å². The Morgan fingerprint density at radius 2 is 1.94 bits per heavy atom. The third-order valence-corrected chi connectivity index (χ3v) is 7.75. The van der Waals surface area contributed by atoms with Gasteiger partial charge in [0.25, 0.3) is 5.91 Å².